The lowest BCUT2D eigenvalue weighted by Crippen LogP contribution is -2.07. The summed E-state index contributed by atoms with van der Waals surface area (Å²) in [5.41, 5.74) is 0. The molecule has 1 heterocycles. The molecule has 0 N–H and O–H groups in total. The van der Waals surface area contributed by atoms with Crippen molar-refractivity contribution < 1.29 is 14.3 Å². The second-order valence-electron chi connectivity index (χ2n) is 4.08. The number of thiophene rings is 1. The Morgan fingerprint density at radius 1 is 1.50 bits per heavy atom. The molecule has 0 saturated carbocycles. The number of ether oxygens (including phenoxy) is 2. The van der Waals surface area contributed by atoms with Crippen molar-refractivity contribution in [2.24, 2.45) is 4.99 Å². The summed E-state index contributed by atoms with van der Waals surface area (Å²) >= 11 is 1.43. The van der Waals surface area contributed by atoms with Crippen LogP contribution < -0.4 is 4.74 Å². The molecule has 0 spiro atoms. The van der Waals surface area contributed by atoms with E-state index in [-0.39, 0.29) is 12.0 Å². The van der Waals surface area contributed by atoms with Gasteiger partial charge in [0.1, 0.15) is 0 Å². The van der Waals surface area contributed by atoms with Crippen LogP contribution in [0.3, 0.4) is 0 Å². The highest BCUT2D eigenvalue weighted by Crippen LogP contribution is 2.24. The first-order valence-corrected chi connectivity index (χ1v) is 6.86. The van der Waals surface area contributed by atoms with Crippen molar-refractivity contribution in [1.82, 2.24) is 0 Å². The molecule has 100 valence electrons. The Labute approximate surface area is 112 Å². The van der Waals surface area contributed by atoms with Gasteiger partial charge in [-0.3, -0.25) is 9.79 Å². The van der Waals surface area contributed by atoms with Crippen molar-refractivity contribution in [1.29, 1.82) is 0 Å². The van der Waals surface area contributed by atoms with E-state index < -0.39 is 0 Å². The summed E-state index contributed by atoms with van der Waals surface area (Å²) in [5.74, 6) is -0.193. The Hall–Kier alpha value is -1.36. The zero-order valence-corrected chi connectivity index (χ0v) is 11.8. The van der Waals surface area contributed by atoms with Crippen molar-refractivity contribution in [3.8, 4) is 5.06 Å². The quantitative estimate of drug-likeness (QED) is 0.434. The van der Waals surface area contributed by atoms with Gasteiger partial charge in [-0.05, 0) is 32.4 Å². The Bertz CT molecular complexity index is 399. The molecule has 0 aliphatic rings. The van der Waals surface area contributed by atoms with Gasteiger partial charge in [0.15, 0.2) is 11.5 Å². The molecule has 0 aromatic carbocycles. The summed E-state index contributed by atoms with van der Waals surface area (Å²) in [5, 5.41) is 0.734. The molecule has 0 bridgehead atoms. The van der Waals surface area contributed by atoms with Crippen molar-refractivity contribution in [2.75, 3.05) is 6.61 Å². The molecule has 0 amide bonds. The van der Waals surface area contributed by atoms with Crippen LogP contribution in [0.5, 0.6) is 5.06 Å². The predicted molar refractivity (Wildman–Crippen MR) is 73.5 cm³/mol. The van der Waals surface area contributed by atoms with E-state index in [0.717, 1.165) is 16.4 Å². The van der Waals surface area contributed by atoms with E-state index in [1.165, 1.54) is 17.7 Å². The van der Waals surface area contributed by atoms with Crippen LogP contribution in [0, 0.1) is 0 Å². The van der Waals surface area contributed by atoms with Crippen LogP contribution in [0.25, 0.3) is 0 Å². The highest BCUT2D eigenvalue weighted by Gasteiger charge is 2.07. The van der Waals surface area contributed by atoms with E-state index in [4.69, 9.17) is 9.47 Å². The van der Waals surface area contributed by atoms with Gasteiger partial charge >= 0.3 is 5.97 Å². The van der Waals surface area contributed by atoms with E-state index in [2.05, 4.69) is 4.99 Å². The number of hydrogen-bond donors (Lipinski definition) is 0. The van der Waals surface area contributed by atoms with Gasteiger partial charge < -0.3 is 9.47 Å². The lowest BCUT2D eigenvalue weighted by molar-refractivity contribution is -0.142. The Balaban J connectivity index is 2.40. The summed E-state index contributed by atoms with van der Waals surface area (Å²) in [6, 6.07) is 3.92. The molecule has 0 radical (unpaired) electrons. The van der Waals surface area contributed by atoms with Gasteiger partial charge in [0.2, 0.25) is 0 Å². The van der Waals surface area contributed by atoms with E-state index in [1.54, 1.807) is 0 Å². The minimum absolute atomic E-state index is 0.193. The normalized spacial score (nSPS) is 11.1. The maximum Gasteiger partial charge on any atom is 0.311 e. The third-order valence-corrected chi connectivity index (χ3v) is 2.93. The topological polar surface area (TPSA) is 47.9 Å². The van der Waals surface area contributed by atoms with E-state index in [1.807, 2.05) is 32.9 Å². The monoisotopic (exact) mass is 269 g/mol. The molecule has 0 atom stereocenters. The van der Waals surface area contributed by atoms with E-state index in [9.17, 15) is 4.79 Å². The second-order valence-corrected chi connectivity index (χ2v) is 5.21. The summed E-state index contributed by atoms with van der Waals surface area (Å²) < 4.78 is 10.4. The fourth-order valence-corrected chi connectivity index (χ4v) is 1.94. The standard InChI is InChI=1S/C13H19NO3S/c1-4-7-16-12(15)8-11-5-6-13(18-11)17-9-14-10(2)3/h5-6,9-10H,4,7-8H2,1-3H3. The second kappa shape index (κ2) is 7.87. The molecule has 0 saturated heterocycles. The van der Waals surface area contributed by atoms with Crippen LogP contribution in [0.15, 0.2) is 17.1 Å². The maximum atomic E-state index is 11.4. The first kappa shape index (κ1) is 14.7. The Morgan fingerprint density at radius 2 is 2.28 bits per heavy atom. The van der Waals surface area contributed by atoms with Gasteiger partial charge in [0.05, 0.1) is 13.0 Å². The molecular formula is C13H19NO3S. The zero-order valence-electron chi connectivity index (χ0n) is 11.0. The van der Waals surface area contributed by atoms with Gasteiger partial charge in [0, 0.05) is 10.9 Å². The van der Waals surface area contributed by atoms with Crippen molar-refractivity contribution in [3.05, 3.63) is 17.0 Å². The van der Waals surface area contributed by atoms with Gasteiger partial charge in [-0.15, -0.1) is 11.3 Å². The Morgan fingerprint density at radius 3 is 2.94 bits per heavy atom. The number of nitrogens with zero attached hydrogens (tertiary/aromatic N) is 1. The largest absolute Gasteiger partial charge is 0.465 e. The summed E-state index contributed by atoms with van der Waals surface area (Å²) in [4.78, 5) is 16.4. The van der Waals surface area contributed by atoms with Crippen molar-refractivity contribution in [3.63, 3.8) is 0 Å². The zero-order chi connectivity index (χ0) is 13.4. The van der Waals surface area contributed by atoms with E-state index in [0.29, 0.717) is 13.0 Å². The molecule has 0 unspecified atom stereocenters. The molecule has 1 rings (SSSR count). The first-order chi connectivity index (χ1) is 8.61. The van der Waals surface area contributed by atoms with E-state index >= 15 is 0 Å². The number of carbonyl (C=O) groups is 1. The minimum Gasteiger partial charge on any atom is -0.465 e. The van der Waals surface area contributed by atoms with Crippen LogP contribution in [-0.2, 0) is 16.0 Å². The number of rotatable bonds is 7. The number of carbonyl (C=O) groups excluding carboxylic acids is 1. The number of esters is 1. The molecule has 1 aromatic heterocycles. The number of aliphatic imine (C=N–C) groups is 1. The van der Waals surface area contributed by atoms with Gasteiger partial charge in [0.25, 0.3) is 0 Å². The average molecular weight is 269 g/mol. The molecule has 4 nitrogen and oxygen atoms in total. The first-order valence-electron chi connectivity index (χ1n) is 6.04. The van der Waals surface area contributed by atoms with Crippen LogP contribution >= 0.6 is 11.3 Å². The predicted octanol–water partition coefficient (Wildman–Crippen LogP) is 3.06. The third kappa shape index (κ3) is 5.82. The summed E-state index contributed by atoms with van der Waals surface area (Å²) in [6.45, 7) is 6.40. The molecule has 0 aliphatic heterocycles. The van der Waals surface area contributed by atoms with Gasteiger partial charge in [-0.2, -0.15) is 0 Å². The lowest BCUT2D eigenvalue weighted by atomic mass is 10.3. The molecular weight excluding hydrogens is 250 g/mol. The van der Waals surface area contributed by atoms with Crippen LogP contribution in [0.2, 0.25) is 0 Å². The van der Waals surface area contributed by atoms with Crippen LogP contribution in [0.1, 0.15) is 32.1 Å². The minimum atomic E-state index is -0.193. The Kier molecular flexibility index (Phi) is 6.43. The molecule has 0 aliphatic carbocycles. The highest BCUT2D eigenvalue weighted by atomic mass is 32.1. The van der Waals surface area contributed by atoms with Gasteiger partial charge in [-0.1, -0.05) is 6.92 Å². The SMILES string of the molecule is CCCOC(=O)Cc1ccc(OC=NC(C)C)s1. The fourth-order valence-electron chi connectivity index (χ4n) is 1.13. The molecule has 5 heteroatoms. The lowest BCUT2D eigenvalue weighted by Gasteiger charge is -2.00. The van der Waals surface area contributed by atoms with Crippen LogP contribution in [-0.4, -0.2) is 25.0 Å². The highest BCUT2D eigenvalue weighted by molar-refractivity contribution is 7.14. The van der Waals surface area contributed by atoms with Crippen molar-refractivity contribution >= 4 is 23.7 Å². The summed E-state index contributed by atoms with van der Waals surface area (Å²) in [7, 11) is 0. The number of hydrogen-bond acceptors (Lipinski definition) is 5. The van der Waals surface area contributed by atoms with Gasteiger partial charge in [-0.25, -0.2) is 0 Å². The van der Waals surface area contributed by atoms with Crippen LogP contribution in [0.4, 0.5) is 0 Å². The third-order valence-electron chi connectivity index (χ3n) is 1.95. The summed E-state index contributed by atoms with van der Waals surface area (Å²) in [6.07, 6.45) is 2.58. The molecule has 1 aromatic rings. The molecule has 18 heavy (non-hydrogen) atoms. The van der Waals surface area contributed by atoms with Crippen molar-refractivity contribution in [2.45, 2.75) is 39.7 Å². The average Bonchev–Trinajstić information content (AvgIpc) is 2.73. The fraction of sp³-hybridized carbons (Fsp3) is 0.538. The smallest absolute Gasteiger partial charge is 0.311 e. The maximum absolute atomic E-state index is 11.4. The molecule has 0 fully saturated rings.